The smallest absolute Gasteiger partial charge is 0.148 e. The van der Waals surface area contributed by atoms with Crippen LogP contribution in [0.2, 0.25) is 0 Å². The Kier molecular flexibility index (Phi) is 17.5. The molecule has 1 aliphatic heterocycles. The Balaban J connectivity index is 0.00000676. The molecule has 0 spiro atoms. The summed E-state index contributed by atoms with van der Waals surface area (Å²) in [5.41, 5.74) is 0.0896. The average Bonchev–Trinajstić information content (AvgIpc) is 3.35. The molecule has 1 aliphatic rings. The largest absolute Gasteiger partial charge is 0.350 e. The summed E-state index contributed by atoms with van der Waals surface area (Å²) in [5.74, 6) is 0. The topological polar surface area (TPSA) is 15.8 Å². The van der Waals surface area contributed by atoms with Crippen LogP contribution in [-0.4, -0.2) is 30.8 Å². The van der Waals surface area contributed by atoms with Crippen molar-refractivity contribution in [2.75, 3.05) is 14.1 Å². The number of hydrogen-bond donors (Lipinski definition) is 0. The minimum atomic E-state index is 0. The predicted octanol–water partition coefficient (Wildman–Crippen LogP) is 8.28. The van der Waals surface area contributed by atoms with Crippen LogP contribution in [0.15, 0.2) is 0 Å². The van der Waals surface area contributed by atoms with Gasteiger partial charge in [0.2, 0.25) is 0 Å². The van der Waals surface area contributed by atoms with Crippen molar-refractivity contribution >= 4 is 17.0 Å². The molecule has 27 heavy (non-hydrogen) atoms. The summed E-state index contributed by atoms with van der Waals surface area (Å²) >= 11 is 0. The van der Waals surface area contributed by atoms with Crippen molar-refractivity contribution in [1.82, 2.24) is 4.90 Å². The Morgan fingerprint density at radius 1 is 0.630 bits per heavy atom. The Hall–Kier alpha value is 0.400. The van der Waals surface area contributed by atoms with E-state index in [0.717, 1.165) is 0 Å². The lowest BCUT2D eigenvalue weighted by molar-refractivity contribution is 0.118. The minimum absolute atomic E-state index is 0. The first-order chi connectivity index (χ1) is 12.7. The zero-order valence-electron chi connectivity index (χ0n) is 19.1. The fraction of sp³-hybridized carbons (Fsp3) is 1.00. The third kappa shape index (κ3) is 11.9. The molecule has 1 saturated heterocycles. The van der Waals surface area contributed by atoms with Crippen molar-refractivity contribution in [2.45, 2.75) is 141 Å². The van der Waals surface area contributed by atoms with E-state index in [9.17, 15) is 0 Å². The van der Waals surface area contributed by atoms with Gasteiger partial charge in [-0.25, -0.2) is 0 Å². The van der Waals surface area contributed by atoms with E-state index in [0.29, 0.717) is 6.10 Å². The molecule has 0 aromatic heterocycles. The van der Waals surface area contributed by atoms with Gasteiger partial charge in [-0.3, -0.25) is 4.90 Å². The molecule has 0 aliphatic carbocycles. The summed E-state index contributed by atoms with van der Waals surface area (Å²) < 4.78 is 6.11. The van der Waals surface area contributed by atoms with Crippen molar-refractivity contribution in [3.8, 4) is 0 Å². The van der Waals surface area contributed by atoms with E-state index < -0.39 is 0 Å². The number of likely N-dealkylation sites (N-methyl/N-ethyl adjacent to an activating group) is 1. The van der Waals surface area contributed by atoms with Crippen molar-refractivity contribution < 1.29 is 4.74 Å². The summed E-state index contributed by atoms with van der Waals surface area (Å²) in [5, 5.41) is 0. The van der Waals surface area contributed by atoms with Crippen LogP contribution in [0.1, 0.15) is 129 Å². The molecule has 0 radical (unpaired) electrons. The summed E-state index contributed by atoms with van der Waals surface area (Å²) in [4.78, 5) is 2.33. The summed E-state index contributed by atoms with van der Waals surface area (Å²) in [6.45, 7) is 4.57. The number of ether oxygens (including phenoxy) is 1. The summed E-state index contributed by atoms with van der Waals surface area (Å²) in [6.07, 6.45) is 25.6. The highest BCUT2D eigenvalue weighted by atomic mass is 79.9. The Labute approximate surface area is 182 Å². The third-order valence-corrected chi connectivity index (χ3v) is 6.26. The van der Waals surface area contributed by atoms with E-state index in [1.165, 1.54) is 116 Å². The van der Waals surface area contributed by atoms with E-state index in [1.54, 1.807) is 0 Å². The van der Waals surface area contributed by atoms with Gasteiger partial charge in [-0.2, -0.15) is 0 Å². The lowest BCUT2D eigenvalue weighted by atomic mass is 9.99. The monoisotopic (exact) mass is 447 g/mol. The van der Waals surface area contributed by atoms with Gasteiger partial charge in [0, 0.05) is 0 Å². The molecule has 2 nitrogen and oxygen atoms in total. The number of nitrogens with zero attached hydrogens (tertiary/aromatic N) is 1. The van der Waals surface area contributed by atoms with E-state index >= 15 is 0 Å². The molecule has 0 bridgehead atoms. The van der Waals surface area contributed by atoms with Crippen LogP contribution >= 0.6 is 17.0 Å². The van der Waals surface area contributed by atoms with Gasteiger partial charge < -0.3 is 4.74 Å². The third-order valence-electron chi connectivity index (χ3n) is 6.26. The van der Waals surface area contributed by atoms with Crippen molar-refractivity contribution in [1.29, 1.82) is 0 Å². The van der Waals surface area contributed by atoms with Crippen LogP contribution in [0.4, 0.5) is 0 Å². The second-order valence-corrected chi connectivity index (χ2v) is 8.83. The molecular formula is C24H50BrNO. The fourth-order valence-corrected chi connectivity index (χ4v) is 4.30. The van der Waals surface area contributed by atoms with Crippen LogP contribution in [0.5, 0.6) is 0 Å². The standard InChI is InChI=1S/C24H49NO.BrH/c1-5-7-9-10-11-12-13-14-15-16-17-18-19-20-22-24(25(3)4)23(26-24)21-8-6-2;/h23H,5-22H2,1-4H3;1H. The van der Waals surface area contributed by atoms with Crippen molar-refractivity contribution in [3.05, 3.63) is 0 Å². The normalized spacial score (nSPS) is 21.4. The molecule has 164 valence electrons. The first-order valence-electron chi connectivity index (χ1n) is 12.0. The van der Waals surface area contributed by atoms with Crippen molar-refractivity contribution in [3.63, 3.8) is 0 Å². The molecule has 1 rings (SSSR count). The maximum atomic E-state index is 6.11. The molecule has 0 aromatic carbocycles. The number of halogens is 1. The van der Waals surface area contributed by atoms with Gasteiger partial charge in [0.25, 0.3) is 0 Å². The Morgan fingerprint density at radius 2 is 1.04 bits per heavy atom. The maximum absolute atomic E-state index is 6.11. The van der Waals surface area contributed by atoms with Crippen molar-refractivity contribution in [2.24, 2.45) is 0 Å². The number of unbranched alkanes of at least 4 members (excludes halogenated alkanes) is 14. The van der Waals surface area contributed by atoms with Gasteiger partial charge in [-0.15, -0.1) is 17.0 Å². The molecule has 2 unspecified atom stereocenters. The van der Waals surface area contributed by atoms with Gasteiger partial charge >= 0.3 is 0 Å². The van der Waals surface area contributed by atoms with Crippen LogP contribution in [0.25, 0.3) is 0 Å². The summed E-state index contributed by atoms with van der Waals surface area (Å²) in [6, 6.07) is 0. The van der Waals surface area contributed by atoms with Gasteiger partial charge in [0.15, 0.2) is 0 Å². The molecule has 2 atom stereocenters. The minimum Gasteiger partial charge on any atom is -0.350 e. The maximum Gasteiger partial charge on any atom is 0.148 e. The number of epoxide rings is 1. The van der Waals surface area contributed by atoms with Gasteiger partial charge in [-0.05, 0) is 33.4 Å². The van der Waals surface area contributed by atoms with Crippen LogP contribution < -0.4 is 0 Å². The molecule has 3 heteroatoms. The average molecular weight is 449 g/mol. The second kappa shape index (κ2) is 17.3. The molecule has 0 aromatic rings. The van der Waals surface area contributed by atoms with E-state index in [4.69, 9.17) is 4.74 Å². The van der Waals surface area contributed by atoms with Gasteiger partial charge in [0.1, 0.15) is 11.8 Å². The van der Waals surface area contributed by atoms with Crippen LogP contribution in [-0.2, 0) is 4.74 Å². The number of rotatable bonds is 19. The Bertz CT molecular complexity index is 324. The predicted molar refractivity (Wildman–Crippen MR) is 126 cm³/mol. The molecule has 1 fully saturated rings. The second-order valence-electron chi connectivity index (χ2n) is 8.83. The van der Waals surface area contributed by atoms with Crippen LogP contribution in [0, 0.1) is 0 Å². The van der Waals surface area contributed by atoms with E-state index in [2.05, 4.69) is 32.8 Å². The lowest BCUT2D eigenvalue weighted by Crippen LogP contribution is -2.34. The fourth-order valence-electron chi connectivity index (χ4n) is 4.30. The highest BCUT2D eigenvalue weighted by Crippen LogP contribution is 2.45. The molecular weight excluding hydrogens is 398 g/mol. The van der Waals surface area contributed by atoms with E-state index in [-0.39, 0.29) is 22.7 Å². The summed E-state index contributed by atoms with van der Waals surface area (Å²) in [7, 11) is 4.38. The molecule has 0 N–H and O–H groups in total. The van der Waals surface area contributed by atoms with Crippen LogP contribution in [0.3, 0.4) is 0 Å². The van der Waals surface area contributed by atoms with Gasteiger partial charge in [-0.1, -0.05) is 110 Å². The quantitative estimate of drug-likeness (QED) is 0.146. The van der Waals surface area contributed by atoms with Gasteiger partial charge in [0.05, 0.1) is 0 Å². The first-order valence-corrected chi connectivity index (χ1v) is 12.0. The number of hydrogen-bond acceptors (Lipinski definition) is 2. The first kappa shape index (κ1) is 27.4. The lowest BCUT2D eigenvalue weighted by Gasteiger charge is -2.21. The zero-order chi connectivity index (χ0) is 19.1. The SMILES string of the molecule is Br.CCCCCCCCCCCCCCCCC1(N(C)C)OC1CCCC. The highest BCUT2D eigenvalue weighted by molar-refractivity contribution is 8.93. The molecule has 1 heterocycles. The zero-order valence-corrected chi connectivity index (χ0v) is 20.8. The van der Waals surface area contributed by atoms with E-state index in [1.807, 2.05) is 0 Å². The molecule has 0 saturated carbocycles. The highest BCUT2D eigenvalue weighted by Gasteiger charge is 2.56. The Morgan fingerprint density at radius 3 is 1.44 bits per heavy atom. The molecule has 0 amide bonds.